The van der Waals surface area contributed by atoms with E-state index in [1.807, 2.05) is 30.3 Å². The largest absolute Gasteiger partial charge is 0.465 e. The van der Waals surface area contributed by atoms with Crippen molar-refractivity contribution in [3.05, 3.63) is 77.4 Å². The van der Waals surface area contributed by atoms with E-state index in [-0.39, 0.29) is 5.97 Å². The molecule has 0 spiro atoms. The van der Waals surface area contributed by atoms with Crippen molar-refractivity contribution in [2.75, 3.05) is 7.11 Å². The van der Waals surface area contributed by atoms with Crippen molar-refractivity contribution in [2.24, 2.45) is 0 Å². The highest BCUT2D eigenvalue weighted by Crippen LogP contribution is 2.24. The number of aryl methyl sites for hydroxylation is 1. The van der Waals surface area contributed by atoms with Crippen LogP contribution in [0.25, 0.3) is 5.57 Å². The molecule has 0 aliphatic rings. The number of allylic oxidation sites excluding steroid dienone is 1. The van der Waals surface area contributed by atoms with Crippen LogP contribution < -0.4 is 0 Å². The van der Waals surface area contributed by atoms with Crippen LogP contribution in [-0.2, 0) is 11.2 Å². The predicted octanol–water partition coefficient (Wildman–Crippen LogP) is 5.82. The third-order valence-corrected chi connectivity index (χ3v) is 4.97. The Labute approximate surface area is 169 Å². The number of esters is 1. The molecule has 0 aliphatic carbocycles. The Morgan fingerprint density at radius 2 is 1.68 bits per heavy atom. The molecule has 0 aromatic heterocycles. The van der Waals surface area contributed by atoms with Gasteiger partial charge in [0.05, 0.1) is 18.8 Å². The van der Waals surface area contributed by atoms with Gasteiger partial charge in [0.1, 0.15) is 0 Å². The molecule has 2 aromatic carbocycles. The number of ether oxygens (including phenoxy) is 1. The van der Waals surface area contributed by atoms with E-state index in [0.29, 0.717) is 12.0 Å². The molecule has 0 radical (unpaired) electrons. The predicted molar refractivity (Wildman–Crippen MR) is 115 cm³/mol. The van der Waals surface area contributed by atoms with Crippen molar-refractivity contribution in [1.29, 1.82) is 0 Å². The van der Waals surface area contributed by atoms with Crippen LogP contribution in [0.4, 0.5) is 0 Å². The summed E-state index contributed by atoms with van der Waals surface area (Å²) in [6.45, 7) is 2.21. The molecular formula is C25H32O3. The monoisotopic (exact) mass is 380 g/mol. The van der Waals surface area contributed by atoms with E-state index in [1.165, 1.54) is 31.9 Å². The number of aliphatic hydroxyl groups excluding tert-OH is 1. The second kappa shape index (κ2) is 12.1. The Morgan fingerprint density at radius 1 is 1.00 bits per heavy atom. The summed E-state index contributed by atoms with van der Waals surface area (Å²) in [4.78, 5) is 11.7. The zero-order valence-corrected chi connectivity index (χ0v) is 17.1. The molecule has 1 unspecified atom stereocenters. The second-order valence-corrected chi connectivity index (χ2v) is 7.12. The van der Waals surface area contributed by atoms with E-state index in [9.17, 15) is 9.90 Å². The maximum absolute atomic E-state index is 11.7. The minimum absolute atomic E-state index is 0.346. The highest BCUT2D eigenvalue weighted by Gasteiger charge is 2.14. The summed E-state index contributed by atoms with van der Waals surface area (Å²) in [7, 11) is 1.38. The Hall–Kier alpha value is -2.39. The molecule has 28 heavy (non-hydrogen) atoms. The lowest BCUT2D eigenvalue weighted by Gasteiger charge is -2.16. The van der Waals surface area contributed by atoms with Crippen LogP contribution in [0.3, 0.4) is 0 Å². The van der Waals surface area contributed by atoms with Gasteiger partial charge in [-0.2, -0.15) is 0 Å². The van der Waals surface area contributed by atoms with Gasteiger partial charge in [0.2, 0.25) is 0 Å². The fourth-order valence-corrected chi connectivity index (χ4v) is 3.30. The van der Waals surface area contributed by atoms with Gasteiger partial charge < -0.3 is 9.84 Å². The smallest absolute Gasteiger partial charge is 0.337 e. The number of carbonyl (C=O) groups is 1. The minimum atomic E-state index is -0.532. The highest BCUT2D eigenvalue weighted by atomic mass is 16.5. The third kappa shape index (κ3) is 6.97. The average Bonchev–Trinajstić information content (AvgIpc) is 2.75. The molecule has 1 atom stereocenters. The second-order valence-electron chi connectivity index (χ2n) is 7.12. The fourth-order valence-electron chi connectivity index (χ4n) is 3.30. The summed E-state index contributed by atoms with van der Waals surface area (Å²) in [5.41, 5.74) is 3.66. The van der Waals surface area contributed by atoms with Crippen molar-refractivity contribution in [3.8, 4) is 0 Å². The van der Waals surface area contributed by atoms with Gasteiger partial charge in [0.25, 0.3) is 0 Å². The highest BCUT2D eigenvalue weighted by molar-refractivity contribution is 5.89. The zero-order chi connectivity index (χ0) is 20.2. The molecule has 3 nitrogen and oxygen atoms in total. The number of carbonyl (C=O) groups excluding carboxylic acids is 1. The van der Waals surface area contributed by atoms with Crippen LogP contribution >= 0.6 is 0 Å². The van der Waals surface area contributed by atoms with E-state index in [4.69, 9.17) is 4.74 Å². The van der Waals surface area contributed by atoms with Gasteiger partial charge in [-0.3, -0.25) is 0 Å². The van der Waals surface area contributed by atoms with E-state index >= 15 is 0 Å². The maximum atomic E-state index is 11.7. The average molecular weight is 381 g/mol. The first-order valence-electron chi connectivity index (χ1n) is 10.3. The molecule has 0 aliphatic heterocycles. The molecular weight excluding hydrogens is 348 g/mol. The van der Waals surface area contributed by atoms with Crippen molar-refractivity contribution < 1.29 is 14.6 Å². The lowest BCUT2D eigenvalue weighted by molar-refractivity contribution is 0.0600. The number of methoxy groups -OCH3 is 1. The maximum Gasteiger partial charge on any atom is 0.337 e. The zero-order valence-electron chi connectivity index (χ0n) is 17.1. The first kappa shape index (κ1) is 21.9. The Bertz CT molecular complexity index is 732. The first-order valence-corrected chi connectivity index (χ1v) is 10.3. The minimum Gasteiger partial charge on any atom is -0.465 e. The van der Waals surface area contributed by atoms with Crippen molar-refractivity contribution in [2.45, 2.75) is 58.0 Å². The lowest BCUT2D eigenvalue weighted by atomic mass is 9.93. The van der Waals surface area contributed by atoms with Gasteiger partial charge in [0, 0.05) is 0 Å². The molecule has 0 heterocycles. The number of aliphatic hydroxyl groups is 1. The van der Waals surface area contributed by atoms with Gasteiger partial charge in [-0.25, -0.2) is 4.79 Å². The van der Waals surface area contributed by atoms with Crippen LogP contribution in [-0.4, -0.2) is 24.3 Å². The third-order valence-electron chi connectivity index (χ3n) is 4.97. The summed E-state index contributed by atoms with van der Waals surface area (Å²) < 4.78 is 4.77. The molecule has 2 aromatic rings. The van der Waals surface area contributed by atoms with Gasteiger partial charge >= 0.3 is 5.97 Å². The summed E-state index contributed by atoms with van der Waals surface area (Å²) in [6, 6.07) is 17.6. The summed E-state index contributed by atoms with van der Waals surface area (Å²) in [5.74, 6) is -0.346. The molecule has 150 valence electrons. The van der Waals surface area contributed by atoms with Crippen molar-refractivity contribution in [3.63, 3.8) is 0 Å². The number of hydrogen-bond acceptors (Lipinski definition) is 3. The molecule has 3 heteroatoms. The van der Waals surface area contributed by atoms with Gasteiger partial charge in [0.15, 0.2) is 0 Å². The Kier molecular flexibility index (Phi) is 9.50. The summed E-state index contributed by atoms with van der Waals surface area (Å²) >= 11 is 0. The molecule has 0 fully saturated rings. The standard InChI is InChI=1S/C25H32O3/c1-3-4-5-6-10-13-23(21-15-17-22(18-16-21)25(27)28-2)24(26)19-14-20-11-8-7-9-12-20/h7-9,11-13,15-18,24,26H,3-6,10,14,19H2,1-2H3. The van der Waals surface area contributed by atoms with Crippen LogP contribution in [0.2, 0.25) is 0 Å². The topological polar surface area (TPSA) is 46.5 Å². The molecule has 0 bridgehead atoms. The first-order chi connectivity index (χ1) is 13.7. The van der Waals surface area contributed by atoms with Crippen LogP contribution in [0.5, 0.6) is 0 Å². The number of unbranched alkanes of at least 4 members (excludes halogenated alkanes) is 4. The van der Waals surface area contributed by atoms with E-state index in [1.54, 1.807) is 12.1 Å². The van der Waals surface area contributed by atoms with Crippen LogP contribution in [0.15, 0.2) is 60.7 Å². The number of benzene rings is 2. The molecule has 2 rings (SSSR count). The van der Waals surface area contributed by atoms with Crippen molar-refractivity contribution >= 4 is 11.5 Å². The normalized spacial score (nSPS) is 12.6. The number of rotatable bonds is 11. The summed E-state index contributed by atoms with van der Waals surface area (Å²) in [6.07, 6.45) is 8.88. The van der Waals surface area contributed by atoms with E-state index in [0.717, 1.165) is 30.4 Å². The van der Waals surface area contributed by atoms with Gasteiger partial charge in [-0.1, -0.05) is 74.7 Å². The van der Waals surface area contributed by atoms with Crippen LogP contribution in [0, 0.1) is 0 Å². The molecule has 1 N–H and O–H groups in total. The quantitative estimate of drug-likeness (QED) is 0.395. The van der Waals surface area contributed by atoms with E-state index in [2.05, 4.69) is 25.1 Å². The summed E-state index contributed by atoms with van der Waals surface area (Å²) in [5, 5.41) is 10.9. The molecule has 0 saturated heterocycles. The van der Waals surface area contributed by atoms with Crippen molar-refractivity contribution in [1.82, 2.24) is 0 Å². The number of hydrogen-bond donors (Lipinski definition) is 1. The van der Waals surface area contributed by atoms with Gasteiger partial charge in [-0.15, -0.1) is 0 Å². The van der Waals surface area contributed by atoms with Gasteiger partial charge in [-0.05, 0) is 54.5 Å². The fraction of sp³-hybridized carbons (Fsp3) is 0.400. The molecule has 0 saturated carbocycles. The SMILES string of the molecule is CCCCCCC=C(c1ccc(C(=O)OC)cc1)C(O)CCc1ccccc1. The molecule has 0 amide bonds. The Morgan fingerprint density at radius 3 is 2.32 bits per heavy atom. The Balaban J connectivity index is 2.11. The van der Waals surface area contributed by atoms with Crippen LogP contribution in [0.1, 0.15) is 66.9 Å². The van der Waals surface area contributed by atoms with E-state index < -0.39 is 6.10 Å². The lowest BCUT2D eigenvalue weighted by Crippen LogP contribution is -2.11.